The van der Waals surface area contributed by atoms with Gasteiger partial charge in [-0.05, 0) is 13.3 Å². The van der Waals surface area contributed by atoms with Crippen LogP contribution in [-0.2, 0) is 14.3 Å². The molecule has 1 unspecified atom stereocenters. The monoisotopic (exact) mass is 217 g/mol. The first kappa shape index (κ1) is 13.9. The van der Waals surface area contributed by atoms with Crippen LogP contribution in [0.1, 0.15) is 33.1 Å². The van der Waals surface area contributed by atoms with Crippen LogP contribution in [0.4, 0.5) is 0 Å². The number of hydrogen-bond acceptors (Lipinski definition) is 4. The molecule has 0 heterocycles. The lowest BCUT2D eigenvalue weighted by Crippen LogP contribution is -2.37. The lowest BCUT2D eigenvalue weighted by Gasteiger charge is -2.13. The van der Waals surface area contributed by atoms with Crippen LogP contribution < -0.4 is 5.32 Å². The molecule has 0 aliphatic carbocycles. The summed E-state index contributed by atoms with van der Waals surface area (Å²) in [6, 6.07) is -0.223. The van der Waals surface area contributed by atoms with Gasteiger partial charge in [0.15, 0.2) is 0 Å². The van der Waals surface area contributed by atoms with E-state index in [-0.39, 0.29) is 37.4 Å². The van der Waals surface area contributed by atoms with Crippen LogP contribution in [0.2, 0.25) is 0 Å². The van der Waals surface area contributed by atoms with E-state index in [2.05, 4.69) is 10.1 Å². The molecule has 0 fully saturated rings. The van der Waals surface area contributed by atoms with E-state index < -0.39 is 0 Å². The molecule has 0 aromatic carbocycles. The van der Waals surface area contributed by atoms with Crippen molar-refractivity contribution in [1.82, 2.24) is 5.32 Å². The van der Waals surface area contributed by atoms with Crippen molar-refractivity contribution in [3.05, 3.63) is 0 Å². The molecule has 0 aromatic heterocycles. The van der Waals surface area contributed by atoms with Gasteiger partial charge in [0.1, 0.15) is 0 Å². The van der Waals surface area contributed by atoms with Gasteiger partial charge in [0, 0.05) is 6.42 Å². The second kappa shape index (κ2) is 8.23. The quantitative estimate of drug-likeness (QED) is 0.598. The van der Waals surface area contributed by atoms with Crippen molar-refractivity contribution in [3.63, 3.8) is 0 Å². The van der Waals surface area contributed by atoms with Crippen molar-refractivity contribution in [1.29, 1.82) is 0 Å². The first-order chi connectivity index (χ1) is 7.13. The van der Waals surface area contributed by atoms with Gasteiger partial charge in [-0.1, -0.05) is 6.92 Å². The van der Waals surface area contributed by atoms with E-state index in [0.29, 0.717) is 13.0 Å². The average molecular weight is 217 g/mol. The van der Waals surface area contributed by atoms with Gasteiger partial charge in [0.05, 0.1) is 25.7 Å². The topological polar surface area (TPSA) is 75.6 Å². The van der Waals surface area contributed by atoms with Crippen molar-refractivity contribution in [2.75, 3.05) is 13.2 Å². The van der Waals surface area contributed by atoms with Gasteiger partial charge in [-0.2, -0.15) is 0 Å². The number of carbonyl (C=O) groups excluding carboxylic acids is 2. The summed E-state index contributed by atoms with van der Waals surface area (Å²) in [4.78, 5) is 22.2. The fourth-order valence-electron chi connectivity index (χ4n) is 1.03. The minimum atomic E-state index is -0.371. The molecular formula is C10H19NO4. The molecule has 0 aromatic rings. The van der Waals surface area contributed by atoms with E-state index in [9.17, 15) is 9.59 Å². The number of aliphatic hydroxyl groups is 1. The zero-order valence-corrected chi connectivity index (χ0v) is 9.28. The van der Waals surface area contributed by atoms with Gasteiger partial charge in [0.2, 0.25) is 5.91 Å². The van der Waals surface area contributed by atoms with Crippen molar-refractivity contribution in [3.8, 4) is 0 Å². The third-order valence-corrected chi connectivity index (χ3v) is 1.94. The Kier molecular flexibility index (Phi) is 7.62. The Balaban J connectivity index is 3.69. The van der Waals surface area contributed by atoms with Crippen molar-refractivity contribution < 1.29 is 19.4 Å². The van der Waals surface area contributed by atoms with Crippen LogP contribution in [0.25, 0.3) is 0 Å². The Labute approximate surface area is 89.8 Å². The van der Waals surface area contributed by atoms with Crippen molar-refractivity contribution in [2.24, 2.45) is 0 Å². The molecule has 15 heavy (non-hydrogen) atoms. The van der Waals surface area contributed by atoms with Crippen LogP contribution in [-0.4, -0.2) is 36.2 Å². The molecule has 0 bridgehead atoms. The number of rotatable bonds is 7. The van der Waals surface area contributed by atoms with Crippen LogP contribution in [0.15, 0.2) is 0 Å². The molecule has 1 atom stereocenters. The SMILES string of the molecule is CCOC(=O)CCC(=O)NC(CC)CO. The summed E-state index contributed by atoms with van der Waals surface area (Å²) < 4.78 is 4.68. The predicted octanol–water partition coefficient (Wildman–Crippen LogP) is 0.217. The molecule has 1 amide bonds. The maximum absolute atomic E-state index is 11.2. The zero-order chi connectivity index (χ0) is 11.7. The second-order valence-electron chi connectivity index (χ2n) is 3.16. The summed E-state index contributed by atoms with van der Waals surface area (Å²) in [5.74, 6) is -0.603. The molecule has 0 spiro atoms. The normalized spacial score (nSPS) is 11.9. The molecule has 0 saturated heterocycles. The average Bonchev–Trinajstić information content (AvgIpc) is 2.23. The highest BCUT2D eigenvalue weighted by Crippen LogP contribution is 1.95. The van der Waals surface area contributed by atoms with E-state index >= 15 is 0 Å². The third-order valence-electron chi connectivity index (χ3n) is 1.94. The van der Waals surface area contributed by atoms with Crippen LogP contribution >= 0.6 is 0 Å². The number of amides is 1. The molecular weight excluding hydrogens is 198 g/mol. The summed E-state index contributed by atoms with van der Waals surface area (Å²) in [5, 5.41) is 11.4. The van der Waals surface area contributed by atoms with E-state index in [1.54, 1.807) is 6.92 Å². The minimum Gasteiger partial charge on any atom is -0.466 e. The fourth-order valence-corrected chi connectivity index (χ4v) is 1.03. The van der Waals surface area contributed by atoms with Gasteiger partial charge >= 0.3 is 5.97 Å². The van der Waals surface area contributed by atoms with Gasteiger partial charge in [0.25, 0.3) is 0 Å². The number of esters is 1. The number of hydrogen-bond donors (Lipinski definition) is 2. The second-order valence-corrected chi connectivity index (χ2v) is 3.16. The van der Waals surface area contributed by atoms with Gasteiger partial charge in [-0.3, -0.25) is 9.59 Å². The third kappa shape index (κ3) is 6.90. The molecule has 0 saturated carbocycles. The first-order valence-corrected chi connectivity index (χ1v) is 5.19. The van der Waals surface area contributed by atoms with Gasteiger partial charge in [-0.25, -0.2) is 0 Å². The van der Waals surface area contributed by atoms with E-state index in [4.69, 9.17) is 5.11 Å². The smallest absolute Gasteiger partial charge is 0.306 e. The fraction of sp³-hybridized carbons (Fsp3) is 0.800. The molecule has 0 rings (SSSR count). The Morgan fingerprint density at radius 2 is 2.00 bits per heavy atom. The molecule has 0 radical (unpaired) electrons. The van der Waals surface area contributed by atoms with Gasteiger partial charge in [-0.15, -0.1) is 0 Å². The Morgan fingerprint density at radius 1 is 1.33 bits per heavy atom. The summed E-state index contributed by atoms with van der Waals surface area (Å²) in [7, 11) is 0. The summed E-state index contributed by atoms with van der Waals surface area (Å²) in [5.41, 5.74) is 0. The minimum absolute atomic E-state index is 0.0817. The largest absolute Gasteiger partial charge is 0.466 e. The summed E-state index contributed by atoms with van der Waals surface area (Å²) in [6.45, 7) is 3.83. The van der Waals surface area contributed by atoms with Crippen molar-refractivity contribution in [2.45, 2.75) is 39.2 Å². The lowest BCUT2D eigenvalue weighted by atomic mass is 10.2. The van der Waals surface area contributed by atoms with Crippen LogP contribution in [0, 0.1) is 0 Å². The molecule has 0 aliphatic rings. The number of nitrogens with one attached hydrogen (secondary N) is 1. The summed E-state index contributed by atoms with van der Waals surface area (Å²) in [6.07, 6.45) is 0.860. The van der Waals surface area contributed by atoms with Crippen molar-refractivity contribution >= 4 is 11.9 Å². The molecule has 5 heteroatoms. The highest BCUT2D eigenvalue weighted by Gasteiger charge is 2.11. The number of ether oxygens (including phenoxy) is 1. The predicted molar refractivity (Wildman–Crippen MR) is 55.2 cm³/mol. The standard InChI is InChI=1S/C10H19NO4/c1-3-8(7-12)11-9(13)5-6-10(14)15-4-2/h8,12H,3-7H2,1-2H3,(H,11,13). The highest BCUT2D eigenvalue weighted by molar-refractivity contribution is 5.81. The Morgan fingerprint density at radius 3 is 2.47 bits per heavy atom. The van der Waals surface area contributed by atoms with Crippen LogP contribution in [0.3, 0.4) is 0 Å². The molecule has 88 valence electrons. The number of aliphatic hydroxyl groups excluding tert-OH is 1. The zero-order valence-electron chi connectivity index (χ0n) is 9.28. The first-order valence-electron chi connectivity index (χ1n) is 5.19. The van der Waals surface area contributed by atoms with E-state index in [1.807, 2.05) is 6.92 Å². The Hall–Kier alpha value is -1.10. The molecule has 2 N–H and O–H groups in total. The maximum Gasteiger partial charge on any atom is 0.306 e. The molecule has 5 nitrogen and oxygen atoms in total. The van der Waals surface area contributed by atoms with Crippen LogP contribution in [0.5, 0.6) is 0 Å². The molecule has 0 aliphatic heterocycles. The number of carbonyl (C=O) groups is 2. The van der Waals surface area contributed by atoms with Gasteiger partial charge < -0.3 is 15.2 Å². The Bertz CT molecular complexity index is 202. The van der Waals surface area contributed by atoms with E-state index in [0.717, 1.165) is 0 Å². The lowest BCUT2D eigenvalue weighted by molar-refractivity contribution is -0.144. The maximum atomic E-state index is 11.2. The summed E-state index contributed by atoms with van der Waals surface area (Å²) >= 11 is 0. The highest BCUT2D eigenvalue weighted by atomic mass is 16.5. The van der Waals surface area contributed by atoms with E-state index in [1.165, 1.54) is 0 Å².